The summed E-state index contributed by atoms with van der Waals surface area (Å²) in [4.78, 5) is 19.6. The molecule has 0 fully saturated rings. The summed E-state index contributed by atoms with van der Waals surface area (Å²) in [5, 5.41) is 12.4. The van der Waals surface area contributed by atoms with Crippen LogP contribution in [0.25, 0.3) is 0 Å². The third-order valence-corrected chi connectivity index (χ3v) is 1.37. The molecular weight excluding hydrogens is 179 g/mol. The number of hydrogen-bond acceptors (Lipinski definition) is 3. The van der Waals surface area contributed by atoms with Crippen LogP contribution in [-0.2, 0) is 4.79 Å². The minimum absolute atomic E-state index is 0.153. The van der Waals surface area contributed by atoms with Crippen molar-refractivity contribution in [3.8, 4) is 0 Å². The third-order valence-electron chi connectivity index (χ3n) is 1.37. The van der Waals surface area contributed by atoms with E-state index in [1.54, 1.807) is 0 Å². The molecular formula is C7H5FN2O3. The van der Waals surface area contributed by atoms with Crippen molar-refractivity contribution < 1.29 is 14.1 Å². The molecule has 0 aliphatic heterocycles. The van der Waals surface area contributed by atoms with Gasteiger partial charge in [-0.05, 0) is 6.07 Å². The Morgan fingerprint density at radius 1 is 1.54 bits per heavy atom. The average molecular weight is 184 g/mol. The maximum atomic E-state index is 12.6. The standard InChI is InChI=1S/C7H5FN2O3/c8-5-1-2-7(10(12)13)6(3-5)9-4-11/h1-4H,(H,9,11). The van der Waals surface area contributed by atoms with E-state index in [9.17, 15) is 19.3 Å². The molecule has 13 heavy (non-hydrogen) atoms. The molecule has 0 atom stereocenters. The fraction of sp³-hybridized carbons (Fsp3) is 0. The summed E-state index contributed by atoms with van der Waals surface area (Å²) in [6.07, 6.45) is 0.252. The van der Waals surface area contributed by atoms with Crippen LogP contribution in [0.4, 0.5) is 15.8 Å². The summed E-state index contributed by atoms with van der Waals surface area (Å²) in [6, 6.07) is 2.82. The molecule has 0 radical (unpaired) electrons. The zero-order chi connectivity index (χ0) is 9.84. The SMILES string of the molecule is O=CNc1cc(F)ccc1[N+](=O)[O-]. The number of carbonyl (C=O) groups excluding carboxylic acids is 1. The topological polar surface area (TPSA) is 72.2 Å². The Hall–Kier alpha value is -1.98. The number of carbonyl (C=O) groups is 1. The Balaban J connectivity index is 3.17. The minimum Gasteiger partial charge on any atom is -0.323 e. The van der Waals surface area contributed by atoms with Crippen LogP contribution in [0.3, 0.4) is 0 Å². The third kappa shape index (κ3) is 1.98. The molecule has 1 aromatic rings. The van der Waals surface area contributed by atoms with Gasteiger partial charge in [0.1, 0.15) is 11.5 Å². The van der Waals surface area contributed by atoms with E-state index in [-0.39, 0.29) is 17.8 Å². The first-order valence-electron chi connectivity index (χ1n) is 3.29. The molecule has 5 nitrogen and oxygen atoms in total. The zero-order valence-corrected chi connectivity index (χ0v) is 6.36. The van der Waals surface area contributed by atoms with Gasteiger partial charge < -0.3 is 5.32 Å². The fourth-order valence-corrected chi connectivity index (χ4v) is 0.847. The van der Waals surface area contributed by atoms with Gasteiger partial charge in [-0.25, -0.2) is 4.39 Å². The van der Waals surface area contributed by atoms with Crippen molar-refractivity contribution in [3.63, 3.8) is 0 Å². The molecule has 1 rings (SSSR count). The van der Waals surface area contributed by atoms with Crippen LogP contribution in [0.5, 0.6) is 0 Å². The summed E-state index contributed by atoms with van der Waals surface area (Å²) in [7, 11) is 0. The van der Waals surface area contributed by atoms with Crippen molar-refractivity contribution in [2.24, 2.45) is 0 Å². The molecule has 0 saturated heterocycles. The highest BCUT2D eigenvalue weighted by molar-refractivity contribution is 5.77. The lowest BCUT2D eigenvalue weighted by molar-refractivity contribution is -0.384. The molecule has 0 aliphatic rings. The van der Waals surface area contributed by atoms with Crippen molar-refractivity contribution in [2.75, 3.05) is 5.32 Å². The van der Waals surface area contributed by atoms with E-state index in [4.69, 9.17) is 0 Å². The molecule has 0 aliphatic carbocycles. The number of rotatable bonds is 3. The smallest absolute Gasteiger partial charge is 0.292 e. The highest BCUT2D eigenvalue weighted by Gasteiger charge is 2.13. The number of nitro groups is 1. The molecule has 0 unspecified atom stereocenters. The normalized spacial score (nSPS) is 9.31. The molecule has 68 valence electrons. The Kier molecular flexibility index (Phi) is 2.53. The highest BCUT2D eigenvalue weighted by Crippen LogP contribution is 2.23. The van der Waals surface area contributed by atoms with Crippen LogP contribution >= 0.6 is 0 Å². The molecule has 0 aromatic heterocycles. The second-order valence-electron chi connectivity index (χ2n) is 2.18. The number of benzene rings is 1. The van der Waals surface area contributed by atoms with Gasteiger partial charge in [0.05, 0.1) is 4.92 Å². The zero-order valence-electron chi connectivity index (χ0n) is 6.36. The molecule has 1 amide bonds. The summed E-state index contributed by atoms with van der Waals surface area (Å²) >= 11 is 0. The minimum atomic E-state index is -0.703. The quantitative estimate of drug-likeness (QED) is 0.437. The van der Waals surface area contributed by atoms with E-state index in [1.807, 2.05) is 5.32 Å². The largest absolute Gasteiger partial charge is 0.323 e. The lowest BCUT2D eigenvalue weighted by Gasteiger charge is -1.99. The molecule has 6 heteroatoms. The number of nitrogens with one attached hydrogen (secondary N) is 1. The highest BCUT2D eigenvalue weighted by atomic mass is 19.1. The van der Waals surface area contributed by atoms with Gasteiger partial charge in [0.15, 0.2) is 0 Å². The van der Waals surface area contributed by atoms with Crippen LogP contribution in [-0.4, -0.2) is 11.3 Å². The van der Waals surface area contributed by atoms with E-state index in [2.05, 4.69) is 0 Å². The monoisotopic (exact) mass is 184 g/mol. The Morgan fingerprint density at radius 2 is 2.23 bits per heavy atom. The summed E-state index contributed by atoms with van der Waals surface area (Å²) < 4.78 is 12.6. The molecule has 0 heterocycles. The van der Waals surface area contributed by atoms with Crippen molar-refractivity contribution in [3.05, 3.63) is 34.1 Å². The van der Waals surface area contributed by atoms with Gasteiger partial charge >= 0.3 is 0 Å². The number of nitro benzene ring substituents is 1. The second-order valence-corrected chi connectivity index (χ2v) is 2.18. The van der Waals surface area contributed by atoms with E-state index < -0.39 is 10.7 Å². The van der Waals surface area contributed by atoms with Crippen molar-refractivity contribution in [1.82, 2.24) is 0 Å². The lowest BCUT2D eigenvalue weighted by atomic mass is 10.2. The van der Waals surface area contributed by atoms with E-state index in [0.29, 0.717) is 0 Å². The predicted octanol–water partition coefficient (Wildman–Crippen LogP) is 1.30. The van der Waals surface area contributed by atoms with E-state index in [1.165, 1.54) is 0 Å². The fourth-order valence-electron chi connectivity index (χ4n) is 0.847. The van der Waals surface area contributed by atoms with Crippen LogP contribution in [0.15, 0.2) is 18.2 Å². The van der Waals surface area contributed by atoms with Crippen molar-refractivity contribution >= 4 is 17.8 Å². The Labute approximate surface area is 72.3 Å². The van der Waals surface area contributed by atoms with E-state index in [0.717, 1.165) is 18.2 Å². The first-order chi connectivity index (χ1) is 6.15. The van der Waals surface area contributed by atoms with Crippen LogP contribution in [0.1, 0.15) is 0 Å². The summed E-state index contributed by atoms with van der Waals surface area (Å²) in [5.74, 6) is -0.644. The number of halogens is 1. The van der Waals surface area contributed by atoms with Gasteiger partial charge in [-0.15, -0.1) is 0 Å². The molecule has 0 bridgehead atoms. The van der Waals surface area contributed by atoms with E-state index >= 15 is 0 Å². The maximum Gasteiger partial charge on any atom is 0.292 e. The average Bonchev–Trinajstić information content (AvgIpc) is 2.04. The molecule has 0 saturated carbocycles. The number of nitrogens with zero attached hydrogens (tertiary/aromatic N) is 1. The maximum absolute atomic E-state index is 12.6. The van der Waals surface area contributed by atoms with Crippen molar-refractivity contribution in [1.29, 1.82) is 0 Å². The predicted molar refractivity (Wildman–Crippen MR) is 42.7 cm³/mol. The molecule has 1 aromatic carbocycles. The first kappa shape index (κ1) is 9.11. The van der Waals surface area contributed by atoms with Gasteiger partial charge in [-0.1, -0.05) is 0 Å². The Bertz CT molecular complexity index is 354. The lowest BCUT2D eigenvalue weighted by Crippen LogP contribution is -1.99. The van der Waals surface area contributed by atoms with Gasteiger partial charge in [-0.3, -0.25) is 14.9 Å². The molecule has 0 spiro atoms. The Morgan fingerprint density at radius 3 is 2.77 bits per heavy atom. The van der Waals surface area contributed by atoms with Gasteiger partial charge in [0.25, 0.3) is 5.69 Å². The first-order valence-corrected chi connectivity index (χ1v) is 3.29. The molecule has 1 N–H and O–H groups in total. The number of hydrogen-bond donors (Lipinski definition) is 1. The van der Waals surface area contributed by atoms with Crippen molar-refractivity contribution in [2.45, 2.75) is 0 Å². The van der Waals surface area contributed by atoms with Crippen LogP contribution in [0, 0.1) is 15.9 Å². The van der Waals surface area contributed by atoms with Crippen LogP contribution in [0.2, 0.25) is 0 Å². The van der Waals surface area contributed by atoms with Gasteiger partial charge in [-0.2, -0.15) is 0 Å². The second kappa shape index (κ2) is 3.61. The summed E-state index contributed by atoms with van der Waals surface area (Å²) in [5.41, 5.74) is -0.492. The number of amides is 1. The number of anilines is 1. The van der Waals surface area contributed by atoms with Gasteiger partial charge in [0, 0.05) is 12.1 Å². The van der Waals surface area contributed by atoms with Crippen LogP contribution < -0.4 is 5.32 Å². The summed E-state index contributed by atoms with van der Waals surface area (Å²) in [6.45, 7) is 0. The van der Waals surface area contributed by atoms with Gasteiger partial charge in [0.2, 0.25) is 6.41 Å².